The van der Waals surface area contributed by atoms with Crippen molar-refractivity contribution < 1.29 is 9.53 Å². The highest BCUT2D eigenvalue weighted by atomic mass is 16.5. The van der Waals surface area contributed by atoms with Crippen LogP contribution in [0.2, 0.25) is 0 Å². The van der Waals surface area contributed by atoms with E-state index in [9.17, 15) is 4.79 Å². The zero-order chi connectivity index (χ0) is 13.7. The van der Waals surface area contributed by atoms with E-state index in [-0.39, 0.29) is 0 Å². The van der Waals surface area contributed by atoms with Gasteiger partial charge in [0.05, 0.1) is 0 Å². The number of ether oxygens (including phenoxy) is 1. The van der Waals surface area contributed by atoms with Gasteiger partial charge in [-0.05, 0) is 49.2 Å². The zero-order valence-corrected chi connectivity index (χ0v) is 11.1. The fourth-order valence-electron chi connectivity index (χ4n) is 1.96. The Morgan fingerprint density at radius 2 is 1.68 bits per heavy atom. The Labute approximate surface area is 113 Å². The highest BCUT2D eigenvalue weighted by Crippen LogP contribution is 2.15. The quantitative estimate of drug-likeness (QED) is 0.823. The van der Waals surface area contributed by atoms with E-state index in [0.717, 1.165) is 28.3 Å². The first-order valence-corrected chi connectivity index (χ1v) is 6.18. The molecule has 19 heavy (non-hydrogen) atoms. The Morgan fingerprint density at radius 1 is 1.05 bits per heavy atom. The van der Waals surface area contributed by atoms with E-state index in [1.807, 2.05) is 56.5 Å². The molecule has 0 atom stereocenters. The third-order valence-electron chi connectivity index (χ3n) is 2.75. The van der Waals surface area contributed by atoms with Crippen LogP contribution in [0.3, 0.4) is 0 Å². The van der Waals surface area contributed by atoms with Crippen molar-refractivity contribution >= 4 is 6.29 Å². The Morgan fingerprint density at radius 3 is 2.26 bits per heavy atom. The second kappa shape index (κ2) is 6.14. The predicted octanol–water partition coefficient (Wildman–Crippen LogP) is 2.93. The number of hydrogen-bond donors (Lipinski definition) is 0. The maximum Gasteiger partial charge on any atom is 0.203 e. The van der Waals surface area contributed by atoms with Crippen LogP contribution in [0.25, 0.3) is 0 Å². The van der Waals surface area contributed by atoms with Crippen LogP contribution in [0.4, 0.5) is 0 Å². The molecule has 0 unspecified atom stereocenters. The summed E-state index contributed by atoms with van der Waals surface area (Å²) < 4.78 is 5.71. The van der Waals surface area contributed by atoms with E-state index in [0.29, 0.717) is 13.0 Å². The molecule has 97 valence electrons. The zero-order valence-electron chi connectivity index (χ0n) is 11.1. The summed E-state index contributed by atoms with van der Waals surface area (Å²) >= 11 is 0. The molecule has 0 aliphatic heterocycles. The van der Waals surface area contributed by atoms with Gasteiger partial charge >= 0.3 is 0 Å². The van der Waals surface area contributed by atoms with Crippen molar-refractivity contribution in [3.8, 4) is 5.75 Å². The van der Waals surface area contributed by atoms with Gasteiger partial charge in [-0.1, -0.05) is 12.1 Å². The number of rotatable bonds is 5. The molecular formula is C16H16NO2. The number of hydrogen-bond acceptors (Lipinski definition) is 3. The molecule has 0 saturated heterocycles. The topological polar surface area (TPSA) is 39.2 Å². The van der Waals surface area contributed by atoms with E-state index in [1.165, 1.54) is 0 Å². The number of aromatic nitrogens is 1. The van der Waals surface area contributed by atoms with E-state index < -0.39 is 0 Å². The van der Waals surface area contributed by atoms with Crippen LogP contribution in [-0.4, -0.2) is 11.3 Å². The molecule has 0 spiro atoms. The Bertz CT molecular complexity index is 541. The second-order valence-corrected chi connectivity index (χ2v) is 4.51. The SMILES string of the molecule is Cc1cc(COc2ccc(C[C]=O)cc2)cc(C)n1. The van der Waals surface area contributed by atoms with Gasteiger partial charge < -0.3 is 4.74 Å². The molecule has 0 aliphatic rings. The van der Waals surface area contributed by atoms with Crippen LogP contribution >= 0.6 is 0 Å². The molecule has 1 radical (unpaired) electrons. The summed E-state index contributed by atoms with van der Waals surface area (Å²) in [4.78, 5) is 14.6. The Balaban J connectivity index is 1.99. The van der Waals surface area contributed by atoms with E-state index in [2.05, 4.69) is 4.98 Å². The van der Waals surface area contributed by atoms with Crippen LogP contribution in [-0.2, 0) is 17.8 Å². The van der Waals surface area contributed by atoms with Crippen LogP contribution in [0.5, 0.6) is 5.75 Å². The van der Waals surface area contributed by atoms with Gasteiger partial charge in [0.2, 0.25) is 6.29 Å². The van der Waals surface area contributed by atoms with Gasteiger partial charge in [0.25, 0.3) is 0 Å². The summed E-state index contributed by atoms with van der Waals surface area (Å²) in [5.41, 5.74) is 4.04. The minimum absolute atomic E-state index is 0.322. The van der Waals surface area contributed by atoms with Crippen molar-refractivity contribution in [2.24, 2.45) is 0 Å². The monoisotopic (exact) mass is 254 g/mol. The van der Waals surface area contributed by atoms with Crippen molar-refractivity contribution in [1.82, 2.24) is 4.98 Å². The number of aryl methyl sites for hydroxylation is 2. The maximum atomic E-state index is 10.3. The lowest BCUT2D eigenvalue weighted by Gasteiger charge is -2.08. The molecule has 0 bridgehead atoms. The number of carbonyl (C=O) groups excluding carboxylic acids is 1. The average Bonchev–Trinajstić information content (AvgIpc) is 2.37. The molecule has 3 heteroatoms. The fraction of sp³-hybridized carbons (Fsp3) is 0.250. The first-order chi connectivity index (χ1) is 9.17. The molecule has 3 nitrogen and oxygen atoms in total. The van der Waals surface area contributed by atoms with Gasteiger partial charge in [-0.2, -0.15) is 0 Å². The summed E-state index contributed by atoms with van der Waals surface area (Å²) in [7, 11) is 0. The van der Waals surface area contributed by atoms with Crippen molar-refractivity contribution in [2.45, 2.75) is 26.9 Å². The van der Waals surface area contributed by atoms with E-state index >= 15 is 0 Å². The number of benzene rings is 1. The maximum absolute atomic E-state index is 10.3. The van der Waals surface area contributed by atoms with Crippen molar-refractivity contribution in [3.63, 3.8) is 0 Å². The minimum atomic E-state index is 0.322. The summed E-state index contributed by atoms with van der Waals surface area (Å²) in [5.74, 6) is 0.793. The molecular weight excluding hydrogens is 238 g/mol. The lowest BCUT2D eigenvalue weighted by atomic mass is 10.1. The lowest BCUT2D eigenvalue weighted by Crippen LogP contribution is -1.98. The van der Waals surface area contributed by atoms with Gasteiger partial charge in [-0.15, -0.1) is 0 Å². The highest BCUT2D eigenvalue weighted by Gasteiger charge is 2.00. The Kier molecular flexibility index (Phi) is 4.29. The second-order valence-electron chi connectivity index (χ2n) is 4.51. The van der Waals surface area contributed by atoms with Crippen LogP contribution in [0.15, 0.2) is 36.4 Å². The molecule has 0 fully saturated rings. The number of pyridine rings is 1. The first kappa shape index (κ1) is 13.3. The molecule has 0 N–H and O–H groups in total. The van der Waals surface area contributed by atoms with Gasteiger partial charge in [-0.3, -0.25) is 9.78 Å². The van der Waals surface area contributed by atoms with E-state index in [4.69, 9.17) is 4.74 Å². The highest BCUT2D eigenvalue weighted by molar-refractivity contribution is 5.55. The van der Waals surface area contributed by atoms with E-state index in [1.54, 1.807) is 0 Å². The standard InChI is InChI=1S/C16H16NO2/c1-12-9-15(10-13(2)17-12)11-19-16-5-3-14(4-6-16)7-8-18/h3-6,9-10H,7,11H2,1-2H3. The van der Waals surface area contributed by atoms with Crippen molar-refractivity contribution in [1.29, 1.82) is 0 Å². The smallest absolute Gasteiger partial charge is 0.203 e. The largest absolute Gasteiger partial charge is 0.489 e. The fourth-order valence-corrected chi connectivity index (χ4v) is 1.96. The first-order valence-electron chi connectivity index (χ1n) is 6.18. The van der Waals surface area contributed by atoms with Gasteiger partial charge in [0, 0.05) is 17.8 Å². The third kappa shape index (κ3) is 3.91. The molecule has 0 amide bonds. The Hall–Kier alpha value is -2.16. The summed E-state index contributed by atoms with van der Waals surface area (Å²) in [6.07, 6.45) is 2.20. The van der Waals surface area contributed by atoms with Gasteiger partial charge in [0.1, 0.15) is 12.4 Å². The third-order valence-corrected chi connectivity index (χ3v) is 2.75. The minimum Gasteiger partial charge on any atom is -0.489 e. The van der Waals surface area contributed by atoms with Crippen molar-refractivity contribution in [3.05, 3.63) is 58.9 Å². The van der Waals surface area contributed by atoms with Crippen molar-refractivity contribution in [2.75, 3.05) is 0 Å². The van der Waals surface area contributed by atoms with Crippen LogP contribution < -0.4 is 4.74 Å². The van der Waals surface area contributed by atoms with Gasteiger partial charge in [0.15, 0.2) is 0 Å². The summed E-state index contributed by atoms with van der Waals surface area (Å²) in [6.45, 7) is 4.46. The normalized spacial score (nSPS) is 10.2. The molecule has 1 aromatic carbocycles. The molecule has 2 rings (SSSR count). The average molecular weight is 254 g/mol. The summed E-state index contributed by atoms with van der Waals surface area (Å²) in [6, 6.07) is 11.5. The molecule has 2 aromatic rings. The van der Waals surface area contributed by atoms with Crippen LogP contribution in [0, 0.1) is 13.8 Å². The van der Waals surface area contributed by atoms with Gasteiger partial charge in [-0.25, -0.2) is 0 Å². The number of nitrogens with zero attached hydrogens (tertiary/aromatic N) is 1. The molecule has 0 saturated carbocycles. The predicted molar refractivity (Wildman–Crippen MR) is 73.9 cm³/mol. The molecule has 1 heterocycles. The lowest BCUT2D eigenvalue weighted by molar-refractivity contribution is 0.306. The van der Waals surface area contributed by atoms with Crippen LogP contribution in [0.1, 0.15) is 22.5 Å². The summed E-state index contributed by atoms with van der Waals surface area (Å²) in [5, 5.41) is 0. The molecule has 1 aromatic heterocycles. The molecule has 0 aliphatic carbocycles.